The Kier molecular flexibility index (Phi) is 4.03. The molecule has 1 atom stereocenters. The lowest BCUT2D eigenvalue weighted by Gasteiger charge is -2.14. The summed E-state index contributed by atoms with van der Waals surface area (Å²) >= 11 is 1.72. The highest BCUT2D eigenvalue weighted by Crippen LogP contribution is 2.27. The normalized spacial score (nSPS) is 14.9. The number of ether oxygens (including phenoxy) is 1. The maximum absolute atomic E-state index is 5.55. The van der Waals surface area contributed by atoms with E-state index in [9.17, 15) is 0 Å². The summed E-state index contributed by atoms with van der Waals surface area (Å²) in [7, 11) is 2.01. The van der Waals surface area contributed by atoms with Crippen LogP contribution in [0.1, 0.15) is 34.3 Å². The van der Waals surface area contributed by atoms with Crippen LogP contribution in [0.15, 0.2) is 23.6 Å². The molecule has 0 saturated heterocycles. The topological polar surface area (TPSA) is 34.1 Å². The Morgan fingerprint density at radius 2 is 2.35 bits per heavy atom. The summed E-state index contributed by atoms with van der Waals surface area (Å²) in [5.41, 5.74) is 3.91. The molecule has 0 amide bonds. The van der Waals surface area contributed by atoms with E-state index in [1.807, 2.05) is 7.05 Å². The molecule has 3 nitrogen and oxygen atoms in total. The number of hydrogen-bond acceptors (Lipinski definition) is 4. The van der Waals surface area contributed by atoms with Gasteiger partial charge in [0, 0.05) is 11.8 Å². The van der Waals surface area contributed by atoms with Gasteiger partial charge >= 0.3 is 0 Å². The molecule has 2 aromatic rings. The van der Waals surface area contributed by atoms with Crippen LogP contribution in [0.2, 0.25) is 0 Å². The van der Waals surface area contributed by atoms with Gasteiger partial charge in [-0.25, -0.2) is 4.98 Å². The van der Waals surface area contributed by atoms with Crippen LogP contribution >= 0.6 is 11.3 Å². The van der Waals surface area contributed by atoms with Gasteiger partial charge in [0.15, 0.2) is 0 Å². The van der Waals surface area contributed by atoms with E-state index in [0.29, 0.717) is 6.04 Å². The molecule has 2 heterocycles. The van der Waals surface area contributed by atoms with Gasteiger partial charge in [-0.05, 0) is 44.0 Å². The third-order valence-corrected chi connectivity index (χ3v) is 4.61. The van der Waals surface area contributed by atoms with Crippen LogP contribution < -0.4 is 10.1 Å². The number of hydrogen-bond donors (Lipinski definition) is 1. The molecular weight excluding hydrogens is 268 g/mol. The molecule has 106 valence electrons. The lowest BCUT2D eigenvalue weighted by atomic mass is 10.0. The maximum atomic E-state index is 5.55. The van der Waals surface area contributed by atoms with E-state index < -0.39 is 0 Å². The average molecular weight is 288 g/mol. The van der Waals surface area contributed by atoms with Gasteiger partial charge < -0.3 is 10.1 Å². The highest BCUT2D eigenvalue weighted by molar-refractivity contribution is 7.09. The van der Waals surface area contributed by atoms with E-state index in [1.54, 1.807) is 11.3 Å². The largest absolute Gasteiger partial charge is 0.493 e. The molecule has 1 aliphatic heterocycles. The van der Waals surface area contributed by atoms with Crippen molar-refractivity contribution in [3.8, 4) is 5.75 Å². The van der Waals surface area contributed by atoms with Crippen molar-refractivity contribution >= 4 is 11.3 Å². The quantitative estimate of drug-likeness (QED) is 0.917. The number of nitrogens with zero attached hydrogens (tertiary/aromatic N) is 1. The predicted octanol–water partition coefficient (Wildman–Crippen LogP) is 3.28. The molecule has 0 fully saturated rings. The summed E-state index contributed by atoms with van der Waals surface area (Å²) in [4.78, 5) is 4.59. The minimum absolute atomic E-state index is 0.337. The SMILES string of the molecule is CNC(CCc1ccc2c(c1)CCO2)c1csc(C)n1. The fraction of sp³-hybridized carbons (Fsp3) is 0.438. The van der Waals surface area contributed by atoms with Crippen LogP contribution in [0.25, 0.3) is 0 Å². The fourth-order valence-electron chi connectivity index (χ4n) is 2.69. The Labute approximate surface area is 124 Å². The Morgan fingerprint density at radius 3 is 3.10 bits per heavy atom. The number of nitrogens with one attached hydrogen (secondary N) is 1. The molecule has 1 aromatic carbocycles. The van der Waals surface area contributed by atoms with Crippen molar-refractivity contribution in [1.82, 2.24) is 10.3 Å². The summed E-state index contributed by atoms with van der Waals surface area (Å²) in [5.74, 6) is 1.06. The number of fused-ring (bicyclic) bond motifs is 1. The summed E-state index contributed by atoms with van der Waals surface area (Å²) in [5, 5.41) is 6.67. The standard InChI is InChI=1S/C16H20N2OS/c1-11-18-15(10-20-11)14(17-2)5-3-12-4-6-16-13(9-12)7-8-19-16/h4,6,9-10,14,17H,3,5,7-8H2,1-2H3. The molecule has 1 unspecified atom stereocenters. The first-order chi connectivity index (χ1) is 9.76. The summed E-state index contributed by atoms with van der Waals surface area (Å²) < 4.78 is 5.55. The Morgan fingerprint density at radius 1 is 1.45 bits per heavy atom. The van der Waals surface area contributed by atoms with E-state index >= 15 is 0 Å². The van der Waals surface area contributed by atoms with Crippen molar-refractivity contribution in [3.05, 3.63) is 45.4 Å². The zero-order valence-corrected chi connectivity index (χ0v) is 12.8. The smallest absolute Gasteiger partial charge is 0.122 e. The summed E-state index contributed by atoms with van der Waals surface area (Å²) in [6.07, 6.45) is 3.18. The van der Waals surface area contributed by atoms with Crippen molar-refractivity contribution in [2.75, 3.05) is 13.7 Å². The van der Waals surface area contributed by atoms with Crippen molar-refractivity contribution in [2.45, 2.75) is 32.2 Å². The second-order valence-corrected chi connectivity index (χ2v) is 6.27. The average Bonchev–Trinajstić information content (AvgIpc) is 3.08. The lowest BCUT2D eigenvalue weighted by molar-refractivity contribution is 0.357. The summed E-state index contributed by atoms with van der Waals surface area (Å²) in [6, 6.07) is 6.92. The Balaban J connectivity index is 1.66. The van der Waals surface area contributed by atoms with E-state index in [0.717, 1.165) is 36.6 Å². The molecule has 1 N–H and O–H groups in total. The van der Waals surface area contributed by atoms with Crippen molar-refractivity contribution in [3.63, 3.8) is 0 Å². The van der Waals surface area contributed by atoms with Crippen LogP contribution in [0.3, 0.4) is 0 Å². The van der Waals surface area contributed by atoms with Crippen molar-refractivity contribution in [2.24, 2.45) is 0 Å². The third kappa shape index (κ3) is 2.86. The van der Waals surface area contributed by atoms with Gasteiger partial charge in [0.05, 0.1) is 23.4 Å². The Bertz CT molecular complexity index is 594. The number of thiazole rings is 1. The second-order valence-electron chi connectivity index (χ2n) is 5.21. The van der Waals surface area contributed by atoms with E-state index in [4.69, 9.17) is 4.74 Å². The van der Waals surface area contributed by atoms with Crippen LogP contribution in [-0.4, -0.2) is 18.6 Å². The molecule has 20 heavy (non-hydrogen) atoms. The van der Waals surface area contributed by atoms with E-state index in [-0.39, 0.29) is 0 Å². The van der Waals surface area contributed by atoms with Gasteiger partial charge in [-0.3, -0.25) is 0 Å². The first kappa shape index (κ1) is 13.6. The zero-order valence-electron chi connectivity index (χ0n) is 12.0. The number of rotatable bonds is 5. The Hall–Kier alpha value is -1.39. The number of aromatic nitrogens is 1. The highest BCUT2D eigenvalue weighted by Gasteiger charge is 2.15. The van der Waals surface area contributed by atoms with Crippen LogP contribution in [0, 0.1) is 6.92 Å². The van der Waals surface area contributed by atoms with Crippen LogP contribution in [0.4, 0.5) is 0 Å². The maximum Gasteiger partial charge on any atom is 0.122 e. The fourth-order valence-corrected chi connectivity index (χ4v) is 3.35. The molecule has 1 aliphatic rings. The predicted molar refractivity (Wildman–Crippen MR) is 82.6 cm³/mol. The minimum Gasteiger partial charge on any atom is -0.493 e. The van der Waals surface area contributed by atoms with E-state index in [2.05, 4.69) is 40.8 Å². The molecule has 0 aliphatic carbocycles. The molecule has 1 aromatic heterocycles. The molecule has 3 rings (SSSR count). The van der Waals surface area contributed by atoms with E-state index in [1.165, 1.54) is 16.8 Å². The van der Waals surface area contributed by atoms with Gasteiger partial charge in [0.2, 0.25) is 0 Å². The number of aryl methyl sites for hydroxylation is 2. The first-order valence-corrected chi connectivity index (χ1v) is 7.98. The van der Waals surface area contributed by atoms with Crippen LogP contribution in [0.5, 0.6) is 5.75 Å². The third-order valence-electron chi connectivity index (χ3n) is 3.82. The molecule has 0 spiro atoms. The van der Waals surface area contributed by atoms with Crippen molar-refractivity contribution in [1.29, 1.82) is 0 Å². The van der Waals surface area contributed by atoms with Gasteiger partial charge in [-0.2, -0.15) is 0 Å². The van der Waals surface area contributed by atoms with Gasteiger partial charge in [-0.1, -0.05) is 12.1 Å². The lowest BCUT2D eigenvalue weighted by Crippen LogP contribution is -2.17. The summed E-state index contributed by atoms with van der Waals surface area (Å²) in [6.45, 7) is 2.89. The van der Waals surface area contributed by atoms with Gasteiger partial charge in [0.25, 0.3) is 0 Å². The van der Waals surface area contributed by atoms with Crippen LogP contribution in [-0.2, 0) is 12.8 Å². The molecule has 0 bridgehead atoms. The molecular formula is C16H20N2OS. The number of benzene rings is 1. The monoisotopic (exact) mass is 288 g/mol. The van der Waals surface area contributed by atoms with Gasteiger partial charge in [0.1, 0.15) is 5.75 Å². The minimum atomic E-state index is 0.337. The second kappa shape index (κ2) is 5.94. The van der Waals surface area contributed by atoms with Crippen molar-refractivity contribution < 1.29 is 4.74 Å². The molecule has 0 radical (unpaired) electrons. The molecule has 0 saturated carbocycles. The van der Waals surface area contributed by atoms with Gasteiger partial charge in [-0.15, -0.1) is 11.3 Å². The molecule has 4 heteroatoms. The first-order valence-electron chi connectivity index (χ1n) is 7.10. The zero-order chi connectivity index (χ0) is 13.9. The highest BCUT2D eigenvalue weighted by atomic mass is 32.1.